The van der Waals surface area contributed by atoms with Crippen molar-refractivity contribution in [3.05, 3.63) is 42.2 Å². The highest BCUT2D eigenvalue weighted by molar-refractivity contribution is 5.91. The van der Waals surface area contributed by atoms with Crippen LogP contribution in [0.25, 0.3) is 17.1 Å². The molecular formula is C18H21N3O. The standard InChI is InChI=1S/C18H21N3O/c1-21(15-7-3-2-4-8-15)18(22)12-11-14-13-19-16-9-5-6-10-17(16)20-14/h5-6,9-13,15H,2-4,7-8H2,1H3/b12-11+. The molecule has 1 aromatic heterocycles. The second kappa shape index (κ2) is 6.69. The van der Waals surface area contributed by atoms with Gasteiger partial charge in [0.2, 0.25) is 5.91 Å². The van der Waals surface area contributed by atoms with Crippen LogP contribution in [0, 0.1) is 0 Å². The van der Waals surface area contributed by atoms with Crippen molar-refractivity contribution in [1.29, 1.82) is 0 Å². The van der Waals surface area contributed by atoms with Crippen molar-refractivity contribution in [2.45, 2.75) is 38.1 Å². The molecule has 0 radical (unpaired) electrons. The van der Waals surface area contributed by atoms with E-state index in [0.717, 1.165) is 23.9 Å². The molecule has 1 aliphatic carbocycles. The Hall–Kier alpha value is -2.23. The topological polar surface area (TPSA) is 46.1 Å². The van der Waals surface area contributed by atoms with E-state index in [-0.39, 0.29) is 5.91 Å². The van der Waals surface area contributed by atoms with Gasteiger partial charge in [-0.3, -0.25) is 9.78 Å². The lowest BCUT2D eigenvalue weighted by Gasteiger charge is -2.30. The summed E-state index contributed by atoms with van der Waals surface area (Å²) in [5.74, 6) is 0.0434. The van der Waals surface area contributed by atoms with Gasteiger partial charge in [0.15, 0.2) is 0 Å². The van der Waals surface area contributed by atoms with Crippen LogP contribution < -0.4 is 0 Å². The SMILES string of the molecule is CN(C(=O)/C=C/c1cnc2ccccc2n1)C1CCCCC1. The van der Waals surface area contributed by atoms with Crippen LogP contribution in [0.1, 0.15) is 37.8 Å². The predicted octanol–water partition coefficient (Wildman–Crippen LogP) is 3.43. The van der Waals surface area contributed by atoms with Gasteiger partial charge in [0.1, 0.15) is 0 Å². The molecule has 0 spiro atoms. The van der Waals surface area contributed by atoms with Crippen LogP contribution in [0.3, 0.4) is 0 Å². The van der Waals surface area contributed by atoms with E-state index < -0.39 is 0 Å². The van der Waals surface area contributed by atoms with Crippen LogP contribution in [0.4, 0.5) is 0 Å². The number of carbonyl (C=O) groups is 1. The maximum Gasteiger partial charge on any atom is 0.246 e. The van der Waals surface area contributed by atoms with Crippen molar-refractivity contribution in [1.82, 2.24) is 14.9 Å². The Balaban J connectivity index is 1.70. The lowest BCUT2D eigenvalue weighted by atomic mass is 9.94. The lowest BCUT2D eigenvalue weighted by Crippen LogP contribution is -2.37. The minimum Gasteiger partial charge on any atom is -0.339 e. The van der Waals surface area contributed by atoms with E-state index in [2.05, 4.69) is 9.97 Å². The highest BCUT2D eigenvalue weighted by atomic mass is 16.2. The van der Waals surface area contributed by atoms with Crippen LogP contribution in [0.15, 0.2) is 36.5 Å². The van der Waals surface area contributed by atoms with Crippen molar-refractivity contribution in [3.63, 3.8) is 0 Å². The molecule has 1 aromatic carbocycles. The fraction of sp³-hybridized carbons (Fsp3) is 0.389. The first-order chi connectivity index (χ1) is 10.7. The number of aromatic nitrogens is 2. The van der Waals surface area contributed by atoms with E-state index in [1.165, 1.54) is 19.3 Å². The number of para-hydroxylation sites is 2. The monoisotopic (exact) mass is 295 g/mol. The maximum absolute atomic E-state index is 12.3. The summed E-state index contributed by atoms with van der Waals surface area (Å²) in [6.07, 6.45) is 11.0. The molecule has 1 saturated carbocycles. The Morgan fingerprint density at radius 3 is 2.68 bits per heavy atom. The summed E-state index contributed by atoms with van der Waals surface area (Å²) >= 11 is 0. The normalized spacial score (nSPS) is 16.2. The van der Waals surface area contributed by atoms with Gasteiger partial charge in [-0.15, -0.1) is 0 Å². The van der Waals surface area contributed by atoms with E-state index in [0.29, 0.717) is 11.7 Å². The first kappa shape index (κ1) is 14.7. The summed E-state index contributed by atoms with van der Waals surface area (Å²) in [7, 11) is 1.90. The molecule has 22 heavy (non-hydrogen) atoms. The first-order valence-corrected chi connectivity index (χ1v) is 7.91. The molecule has 4 heteroatoms. The van der Waals surface area contributed by atoms with Gasteiger partial charge in [0, 0.05) is 19.2 Å². The molecular weight excluding hydrogens is 274 g/mol. The second-order valence-corrected chi connectivity index (χ2v) is 5.86. The van der Waals surface area contributed by atoms with Gasteiger partial charge < -0.3 is 4.90 Å². The predicted molar refractivity (Wildman–Crippen MR) is 88.2 cm³/mol. The second-order valence-electron chi connectivity index (χ2n) is 5.86. The quantitative estimate of drug-likeness (QED) is 0.815. The van der Waals surface area contributed by atoms with Gasteiger partial charge in [-0.1, -0.05) is 31.4 Å². The molecule has 0 N–H and O–H groups in total. The Morgan fingerprint density at radius 1 is 1.18 bits per heavy atom. The van der Waals surface area contributed by atoms with Crippen molar-refractivity contribution in [2.24, 2.45) is 0 Å². The number of likely N-dealkylation sites (N-methyl/N-ethyl adjacent to an activating group) is 1. The molecule has 4 nitrogen and oxygen atoms in total. The maximum atomic E-state index is 12.3. The molecule has 1 amide bonds. The number of carbonyl (C=O) groups excluding carboxylic acids is 1. The smallest absolute Gasteiger partial charge is 0.246 e. The summed E-state index contributed by atoms with van der Waals surface area (Å²) in [4.78, 5) is 23.0. The molecule has 3 rings (SSSR count). The first-order valence-electron chi connectivity index (χ1n) is 7.91. The Bertz CT molecular complexity index is 690. The van der Waals surface area contributed by atoms with Crippen LogP contribution in [-0.2, 0) is 4.79 Å². The lowest BCUT2D eigenvalue weighted by molar-refractivity contribution is -0.127. The van der Waals surface area contributed by atoms with Crippen LogP contribution >= 0.6 is 0 Å². The van der Waals surface area contributed by atoms with Gasteiger partial charge in [0.25, 0.3) is 0 Å². The average molecular weight is 295 g/mol. The Kier molecular flexibility index (Phi) is 4.47. The van der Waals surface area contributed by atoms with Gasteiger partial charge in [0.05, 0.1) is 22.9 Å². The van der Waals surface area contributed by atoms with E-state index in [1.807, 2.05) is 36.2 Å². The summed E-state index contributed by atoms with van der Waals surface area (Å²) < 4.78 is 0. The van der Waals surface area contributed by atoms with Crippen molar-refractivity contribution in [2.75, 3.05) is 7.05 Å². The molecule has 1 fully saturated rings. The molecule has 0 saturated heterocycles. The van der Waals surface area contributed by atoms with E-state index in [4.69, 9.17) is 0 Å². The molecule has 2 aromatic rings. The number of amides is 1. The minimum absolute atomic E-state index is 0.0434. The molecule has 0 atom stereocenters. The number of hydrogen-bond donors (Lipinski definition) is 0. The average Bonchev–Trinajstić information content (AvgIpc) is 2.59. The highest BCUT2D eigenvalue weighted by Crippen LogP contribution is 2.21. The zero-order valence-corrected chi connectivity index (χ0v) is 12.9. The van der Waals surface area contributed by atoms with E-state index in [1.54, 1.807) is 18.3 Å². The fourth-order valence-corrected chi connectivity index (χ4v) is 2.97. The number of hydrogen-bond acceptors (Lipinski definition) is 3. The molecule has 114 valence electrons. The molecule has 0 bridgehead atoms. The largest absolute Gasteiger partial charge is 0.339 e. The molecule has 0 unspecified atom stereocenters. The number of rotatable bonds is 3. The van der Waals surface area contributed by atoms with Crippen LogP contribution in [-0.4, -0.2) is 33.9 Å². The summed E-state index contributed by atoms with van der Waals surface area (Å²) in [5, 5.41) is 0. The van der Waals surface area contributed by atoms with Gasteiger partial charge in [-0.05, 0) is 31.1 Å². The summed E-state index contributed by atoms with van der Waals surface area (Å²) in [6, 6.07) is 8.11. The number of nitrogens with zero attached hydrogens (tertiary/aromatic N) is 3. The molecule has 0 aliphatic heterocycles. The van der Waals surface area contributed by atoms with E-state index in [9.17, 15) is 4.79 Å². The summed E-state index contributed by atoms with van der Waals surface area (Å²) in [6.45, 7) is 0. The third-order valence-electron chi connectivity index (χ3n) is 4.33. The zero-order chi connectivity index (χ0) is 15.4. The summed E-state index contributed by atoms with van der Waals surface area (Å²) in [5.41, 5.74) is 2.42. The minimum atomic E-state index is 0.0434. The van der Waals surface area contributed by atoms with Crippen LogP contribution in [0.2, 0.25) is 0 Å². The highest BCUT2D eigenvalue weighted by Gasteiger charge is 2.20. The van der Waals surface area contributed by atoms with Gasteiger partial charge in [-0.2, -0.15) is 0 Å². The van der Waals surface area contributed by atoms with Crippen molar-refractivity contribution in [3.8, 4) is 0 Å². The third kappa shape index (κ3) is 3.32. The fourth-order valence-electron chi connectivity index (χ4n) is 2.97. The van der Waals surface area contributed by atoms with Crippen LogP contribution in [0.5, 0.6) is 0 Å². The van der Waals surface area contributed by atoms with Crippen molar-refractivity contribution < 1.29 is 4.79 Å². The van der Waals surface area contributed by atoms with Crippen molar-refractivity contribution >= 4 is 23.0 Å². The molecule has 1 aliphatic rings. The van der Waals surface area contributed by atoms with Gasteiger partial charge >= 0.3 is 0 Å². The zero-order valence-electron chi connectivity index (χ0n) is 12.9. The molecule has 1 heterocycles. The third-order valence-corrected chi connectivity index (χ3v) is 4.33. The van der Waals surface area contributed by atoms with Gasteiger partial charge in [-0.25, -0.2) is 4.98 Å². The number of fused-ring (bicyclic) bond motifs is 1. The Labute approximate surface area is 130 Å². The van der Waals surface area contributed by atoms with E-state index >= 15 is 0 Å². The Morgan fingerprint density at radius 2 is 1.91 bits per heavy atom. The number of benzene rings is 1.